The molecule has 5 heteroatoms. The molecule has 1 heterocycles. The molecule has 1 aromatic heterocycles. The van der Waals surface area contributed by atoms with Crippen molar-refractivity contribution in [2.75, 3.05) is 0 Å². The number of carbonyl (C=O) groups is 2. The summed E-state index contributed by atoms with van der Waals surface area (Å²) in [4.78, 5) is 25.8. The van der Waals surface area contributed by atoms with E-state index >= 15 is 0 Å². The molecule has 5 nitrogen and oxygen atoms in total. The second kappa shape index (κ2) is 7.58. The van der Waals surface area contributed by atoms with Gasteiger partial charge in [0.2, 0.25) is 5.78 Å². The number of rotatable bonds is 5. The van der Waals surface area contributed by atoms with Gasteiger partial charge in [0, 0.05) is 11.1 Å². The molecule has 27 heavy (non-hydrogen) atoms. The summed E-state index contributed by atoms with van der Waals surface area (Å²) in [6.45, 7) is 7.20. The van der Waals surface area contributed by atoms with E-state index in [1.807, 2.05) is 38.1 Å². The molecule has 1 atom stereocenters. The summed E-state index contributed by atoms with van der Waals surface area (Å²) in [5, 5.41) is 3.78. The minimum atomic E-state index is -1.05. The molecule has 3 rings (SSSR count). The molecule has 0 fully saturated rings. The summed E-state index contributed by atoms with van der Waals surface area (Å²) in [7, 11) is 0. The summed E-state index contributed by atoms with van der Waals surface area (Å²) in [5.41, 5.74) is 3.89. The lowest BCUT2D eigenvalue weighted by molar-refractivity contribution is 0.0277. The number of aromatic nitrogens is 1. The first-order valence-electron chi connectivity index (χ1n) is 8.68. The zero-order chi connectivity index (χ0) is 19.6. The van der Waals surface area contributed by atoms with Gasteiger partial charge in [-0.05, 0) is 27.7 Å². The minimum Gasteiger partial charge on any atom is -0.445 e. The number of nitrogens with zero attached hydrogens (tertiary/aromatic N) is 1. The van der Waals surface area contributed by atoms with E-state index in [4.69, 9.17) is 9.26 Å². The van der Waals surface area contributed by atoms with Gasteiger partial charge < -0.3 is 9.26 Å². The molecule has 0 saturated heterocycles. The maximum Gasteiger partial charge on any atom is 0.344 e. The minimum absolute atomic E-state index is 0.254. The van der Waals surface area contributed by atoms with Crippen LogP contribution in [-0.2, 0) is 4.74 Å². The average molecular weight is 363 g/mol. The molecule has 0 amide bonds. The van der Waals surface area contributed by atoms with E-state index in [1.165, 1.54) is 0 Å². The van der Waals surface area contributed by atoms with Crippen LogP contribution < -0.4 is 0 Å². The van der Waals surface area contributed by atoms with Crippen LogP contribution in [0.5, 0.6) is 0 Å². The predicted octanol–water partition coefficient (Wildman–Crippen LogP) is 4.69. The molecular weight excluding hydrogens is 342 g/mol. The van der Waals surface area contributed by atoms with Crippen molar-refractivity contribution in [1.82, 2.24) is 5.16 Å². The molecule has 2 aromatic carbocycles. The lowest BCUT2D eigenvalue weighted by atomic mass is 9.98. The molecule has 0 aliphatic rings. The van der Waals surface area contributed by atoms with Crippen molar-refractivity contribution in [2.24, 2.45) is 0 Å². The fourth-order valence-corrected chi connectivity index (χ4v) is 2.82. The first kappa shape index (κ1) is 18.6. The fourth-order valence-electron chi connectivity index (χ4n) is 2.82. The highest BCUT2D eigenvalue weighted by molar-refractivity contribution is 6.02. The number of hydrogen-bond donors (Lipinski definition) is 0. The van der Waals surface area contributed by atoms with Crippen LogP contribution in [0.2, 0.25) is 0 Å². The van der Waals surface area contributed by atoms with Gasteiger partial charge in [0.1, 0.15) is 11.3 Å². The molecule has 138 valence electrons. The van der Waals surface area contributed by atoms with Crippen LogP contribution in [0.1, 0.15) is 55.0 Å². The van der Waals surface area contributed by atoms with Crippen LogP contribution in [0, 0.1) is 27.7 Å². The third-order valence-corrected chi connectivity index (χ3v) is 4.42. The van der Waals surface area contributed by atoms with Gasteiger partial charge in [-0.2, -0.15) is 0 Å². The summed E-state index contributed by atoms with van der Waals surface area (Å²) in [6, 6.07) is 14.6. The van der Waals surface area contributed by atoms with E-state index in [-0.39, 0.29) is 11.3 Å². The average Bonchev–Trinajstić information content (AvgIpc) is 2.99. The molecule has 0 spiro atoms. The maximum absolute atomic E-state index is 13.1. The molecule has 0 N–H and O–H groups in total. The fraction of sp³-hybridized carbons (Fsp3) is 0.227. The van der Waals surface area contributed by atoms with Gasteiger partial charge in [0.25, 0.3) is 0 Å². The second-order valence-electron chi connectivity index (χ2n) is 6.63. The van der Waals surface area contributed by atoms with Crippen molar-refractivity contribution in [1.29, 1.82) is 0 Å². The summed E-state index contributed by atoms with van der Waals surface area (Å²) >= 11 is 0. The molecular formula is C22H21NO4. The highest BCUT2D eigenvalue weighted by Crippen LogP contribution is 2.26. The zero-order valence-electron chi connectivity index (χ0n) is 15.8. The molecule has 0 radical (unpaired) electrons. The Bertz CT molecular complexity index is 949. The lowest BCUT2D eigenvalue weighted by Crippen LogP contribution is -2.21. The number of aryl methyl sites for hydroxylation is 4. The number of esters is 1. The van der Waals surface area contributed by atoms with E-state index in [1.54, 1.807) is 38.1 Å². The first-order valence-corrected chi connectivity index (χ1v) is 8.68. The number of hydrogen-bond acceptors (Lipinski definition) is 5. The number of carbonyl (C=O) groups excluding carboxylic acids is 2. The van der Waals surface area contributed by atoms with Crippen LogP contribution in [0.4, 0.5) is 0 Å². The summed E-state index contributed by atoms with van der Waals surface area (Å²) in [6.07, 6.45) is -1.05. The van der Waals surface area contributed by atoms with Gasteiger partial charge >= 0.3 is 5.97 Å². The van der Waals surface area contributed by atoms with Crippen molar-refractivity contribution in [2.45, 2.75) is 33.8 Å². The Morgan fingerprint density at radius 1 is 0.889 bits per heavy atom. The summed E-state index contributed by atoms with van der Waals surface area (Å²) < 4.78 is 10.7. The van der Waals surface area contributed by atoms with Gasteiger partial charge in [-0.1, -0.05) is 64.8 Å². The molecule has 0 saturated carbocycles. The monoisotopic (exact) mass is 363 g/mol. The second-order valence-corrected chi connectivity index (χ2v) is 6.63. The zero-order valence-corrected chi connectivity index (χ0v) is 15.8. The molecule has 0 bridgehead atoms. The Hall–Kier alpha value is -3.21. The van der Waals surface area contributed by atoms with Crippen LogP contribution in [0.25, 0.3) is 0 Å². The van der Waals surface area contributed by atoms with E-state index in [2.05, 4.69) is 5.16 Å². The quantitative estimate of drug-likeness (QED) is 0.486. The van der Waals surface area contributed by atoms with E-state index in [0.29, 0.717) is 22.6 Å². The number of ether oxygens (including phenoxy) is 1. The Balaban J connectivity index is 1.97. The molecule has 0 aliphatic carbocycles. The van der Waals surface area contributed by atoms with Gasteiger partial charge in [-0.25, -0.2) is 4.79 Å². The van der Waals surface area contributed by atoms with Gasteiger partial charge in [-0.3, -0.25) is 4.79 Å². The molecule has 1 unspecified atom stereocenters. The molecule has 3 aromatic rings. The SMILES string of the molecule is Cc1ccc(C(=O)C(OC(=O)c2c(C)noc2C)c2ccc(C)cc2)cc1. The van der Waals surface area contributed by atoms with Crippen LogP contribution >= 0.6 is 0 Å². The van der Waals surface area contributed by atoms with Gasteiger partial charge in [0.15, 0.2) is 6.10 Å². The van der Waals surface area contributed by atoms with Gasteiger partial charge in [-0.15, -0.1) is 0 Å². The van der Waals surface area contributed by atoms with Crippen molar-refractivity contribution in [3.8, 4) is 0 Å². The third kappa shape index (κ3) is 3.97. The van der Waals surface area contributed by atoms with E-state index in [9.17, 15) is 9.59 Å². The first-order chi connectivity index (χ1) is 12.9. The maximum atomic E-state index is 13.1. The topological polar surface area (TPSA) is 69.4 Å². The van der Waals surface area contributed by atoms with Crippen molar-refractivity contribution < 1.29 is 18.8 Å². The van der Waals surface area contributed by atoms with Gasteiger partial charge in [0.05, 0.1) is 5.69 Å². The van der Waals surface area contributed by atoms with Crippen molar-refractivity contribution >= 4 is 11.8 Å². The van der Waals surface area contributed by atoms with E-state index < -0.39 is 12.1 Å². The number of benzene rings is 2. The number of Topliss-reactive ketones (excluding diaryl/α,β-unsaturated/α-hetero) is 1. The summed E-state index contributed by atoms with van der Waals surface area (Å²) in [5.74, 6) is -0.542. The van der Waals surface area contributed by atoms with Crippen molar-refractivity contribution in [3.05, 3.63) is 87.8 Å². The Morgan fingerprint density at radius 3 is 1.96 bits per heavy atom. The highest BCUT2D eigenvalue weighted by Gasteiger charge is 2.29. The lowest BCUT2D eigenvalue weighted by Gasteiger charge is -2.18. The van der Waals surface area contributed by atoms with Crippen LogP contribution in [0.3, 0.4) is 0 Å². The van der Waals surface area contributed by atoms with Crippen LogP contribution in [-0.4, -0.2) is 16.9 Å². The third-order valence-electron chi connectivity index (χ3n) is 4.42. The normalized spacial score (nSPS) is 11.9. The van der Waals surface area contributed by atoms with E-state index in [0.717, 1.165) is 11.1 Å². The predicted molar refractivity (Wildman–Crippen MR) is 101 cm³/mol. The number of ketones is 1. The Kier molecular flexibility index (Phi) is 5.21. The van der Waals surface area contributed by atoms with Crippen molar-refractivity contribution in [3.63, 3.8) is 0 Å². The largest absolute Gasteiger partial charge is 0.445 e. The van der Waals surface area contributed by atoms with Crippen LogP contribution in [0.15, 0.2) is 53.1 Å². The smallest absolute Gasteiger partial charge is 0.344 e. The molecule has 0 aliphatic heterocycles. The standard InChI is InChI=1S/C22H21NO4/c1-13-5-9-17(10-6-13)20(24)21(18-11-7-14(2)8-12-18)26-22(25)19-15(3)23-27-16(19)4/h5-12,21H,1-4H3. The highest BCUT2D eigenvalue weighted by atomic mass is 16.5. The Labute approximate surface area is 158 Å². The Morgan fingerprint density at radius 2 is 1.44 bits per heavy atom.